The Morgan fingerprint density at radius 1 is 1.16 bits per heavy atom. The first-order valence-electron chi connectivity index (χ1n) is 8.51. The second kappa shape index (κ2) is 9.44. The molecule has 0 fully saturated rings. The van der Waals surface area contributed by atoms with Crippen LogP contribution in [0.15, 0.2) is 48.5 Å². The van der Waals surface area contributed by atoms with Crippen molar-refractivity contribution >= 4 is 17.5 Å². The molecule has 25 heavy (non-hydrogen) atoms. The number of carbonyl (C=O) groups is 1. The van der Waals surface area contributed by atoms with Crippen molar-refractivity contribution in [3.63, 3.8) is 0 Å². The molecule has 0 radical (unpaired) electrons. The normalized spacial score (nSPS) is 12.0. The summed E-state index contributed by atoms with van der Waals surface area (Å²) in [5.74, 6) is 0.544. The van der Waals surface area contributed by atoms with Crippen molar-refractivity contribution in [3.8, 4) is 5.75 Å². The molecule has 0 bridgehead atoms. The molecule has 0 aliphatic heterocycles. The first-order chi connectivity index (χ1) is 12.1. The molecule has 1 atom stereocenters. The third kappa shape index (κ3) is 4.97. The lowest BCUT2D eigenvalue weighted by molar-refractivity contribution is 0.0934. The number of nitrogens with one attached hydrogen (secondary N) is 1. The lowest BCUT2D eigenvalue weighted by Gasteiger charge is -2.31. The number of carbonyl (C=O) groups excluding carboxylic acids is 1. The smallest absolute Gasteiger partial charge is 0.251 e. The van der Waals surface area contributed by atoms with Gasteiger partial charge in [0, 0.05) is 17.1 Å². The summed E-state index contributed by atoms with van der Waals surface area (Å²) in [5.41, 5.74) is 1.61. The Kier molecular flexibility index (Phi) is 7.29. The van der Waals surface area contributed by atoms with Gasteiger partial charge in [-0.2, -0.15) is 0 Å². The van der Waals surface area contributed by atoms with Crippen LogP contribution in [0.25, 0.3) is 0 Å². The van der Waals surface area contributed by atoms with E-state index in [1.165, 1.54) is 0 Å². The predicted molar refractivity (Wildman–Crippen MR) is 102 cm³/mol. The molecule has 1 N–H and O–H groups in total. The number of ether oxygens (including phenoxy) is 1. The molecule has 0 saturated carbocycles. The first-order valence-corrected chi connectivity index (χ1v) is 8.89. The molecule has 0 aromatic heterocycles. The van der Waals surface area contributed by atoms with Crippen LogP contribution in [-0.2, 0) is 0 Å². The number of methoxy groups -OCH3 is 1. The molecule has 134 valence electrons. The maximum absolute atomic E-state index is 12.5. The van der Waals surface area contributed by atoms with Crippen molar-refractivity contribution in [2.24, 2.45) is 0 Å². The van der Waals surface area contributed by atoms with Gasteiger partial charge in [-0.15, -0.1) is 0 Å². The molecule has 4 nitrogen and oxygen atoms in total. The highest BCUT2D eigenvalue weighted by atomic mass is 35.5. The van der Waals surface area contributed by atoms with Crippen molar-refractivity contribution in [3.05, 3.63) is 64.7 Å². The quantitative estimate of drug-likeness (QED) is 0.768. The molecule has 0 heterocycles. The van der Waals surface area contributed by atoms with Crippen molar-refractivity contribution in [2.75, 3.05) is 26.7 Å². The maximum atomic E-state index is 12.5. The minimum absolute atomic E-state index is 0.0262. The third-order valence-corrected chi connectivity index (χ3v) is 4.65. The van der Waals surface area contributed by atoms with E-state index < -0.39 is 0 Å². The lowest BCUT2D eigenvalue weighted by atomic mass is 10.0. The number of hydrogen-bond acceptors (Lipinski definition) is 3. The van der Waals surface area contributed by atoms with Gasteiger partial charge in [0.1, 0.15) is 5.75 Å². The Morgan fingerprint density at radius 3 is 2.52 bits per heavy atom. The Labute approximate surface area is 154 Å². The van der Waals surface area contributed by atoms with Gasteiger partial charge in [-0.3, -0.25) is 9.69 Å². The largest absolute Gasteiger partial charge is 0.497 e. The topological polar surface area (TPSA) is 41.6 Å². The Balaban J connectivity index is 2.17. The molecule has 2 aromatic carbocycles. The van der Waals surface area contributed by atoms with E-state index in [9.17, 15) is 4.79 Å². The molecule has 5 heteroatoms. The lowest BCUT2D eigenvalue weighted by Crippen LogP contribution is -2.38. The van der Waals surface area contributed by atoms with E-state index in [-0.39, 0.29) is 11.9 Å². The van der Waals surface area contributed by atoms with Crippen LogP contribution in [0.3, 0.4) is 0 Å². The molecular formula is C20H25ClN2O2. The number of hydrogen-bond donors (Lipinski definition) is 1. The minimum atomic E-state index is -0.122. The van der Waals surface area contributed by atoms with Gasteiger partial charge in [0.25, 0.3) is 5.91 Å². The predicted octanol–water partition coefficient (Wildman–Crippen LogP) is 4.16. The second-order valence-corrected chi connectivity index (χ2v) is 6.11. The highest BCUT2D eigenvalue weighted by Gasteiger charge is 2.21. The zero-order chi connectivity index (χ0) is 18.2. The summed E-state index contributed by atoms with van der Waals surface area (Å²) in [6.07, 6.45) is 0. The van der Waals surface area contributed by atoms with Crippen molar-refractivity contribution < 1.29 is 9.53 Å². The van der Waals surface area contributed by atoms with E-state index in [2.05, 4.69) is 24.1 Å². The fourth-order valence-corrected chi connectivity index (χ4v) is 3.16. The summed E-state index contributed by atoms with van der Waals surface area (Å²) in [6.45, 7) is 6.46. The Bertz CT molecular complexity index is 702. The van der Waals surface area contributed by atoms with Gasteiger partial charge in [0.05, 0.1) is 13.2 Å². The minimum Gasteiger partial charge on any atom is -0.497 e. The Morgan fingerprint density at radius 2 is 1.88 bits per heavy atom. The summed E-state index contributed by atoms with van der Waals surface area (Å²) in [7, 11) is 1.59. The number of amides is 1. The zero-order valence-electron chi connectivity index (χ0n) is 15.0. The summed E-state index contributed by atoms with van der Waals surface area (Å²) in [5, 5.41) is 3.75. The summed E-state index contributed by atoms with van der Waals surface area (Å²) >= 11 is 6.39. The van der Waals surface area contributed by atoms with Crippen LogP contribution >= 0.6 is 11.6 Å². The first kappa shape index (κ1) is 19.3. The van der Waals surface area contributed by atoms with Crippen LogP contribution in [0.5, 0.6) is 5.75 Å². The molecule has 0 spiro atoms. The molecule has 2 aromatic rings. The highest BCUT2D eigenvalue weighted by Crippen LogP contribution is 2.27. The highest BCUT2D eigenvalue weighted by molar-refractivity contribution is 6.31. The van der Waals surface area contributed by atoms with E-state index >= 15 is 0 Å². The fraction of sp³-hybridized carbons (Fsp3) is 0.350. The molecule has 0 saturated heterocycles. The van der Waals surface area contributed by atoms with Crippen molar-refractivity contribution in [2.45, 2.75) is 19.9 Å². The van der Waals surface area contributed by atoms with E-state index in [0.29, 0.717) is 17.9 Å². The van der Waals surface area contributed by atoms with Crippen molar-refractivity contribution in [1.29, 1.82) is 0 Å². The van der Waals surface area contributed by atoms with Gasteiger partial charge in [0.15, 0.2) is 0 Å². The van der Waals surface area contributed by atoms with Crippen LogP contribution in [-0.4, -0.2) is 37.6 Å². The van der Waals surface area contributed by atoms with E-state index in [4.69, 9.17) is 16.3 Å². The van der Waals surface area contributed by atoms with Gasteiger partial charge in [-0.05, 0) is 42.9 Å². The summed E-state index contributed by atoms with van der Waals surface area (Å²) < 4.78 is 5.18. The van der Waals surface area contributed by atoms with Crippen molar-refractivity contribution in [1.82, 2.24) is 10.2 Å². The average Bonchev–Trinajstić information content (AvgIpc) is 2.65. The maximum Gasteiger partial charge on any atom is 0.251 e. The molecule has 0 aliphatic rings. The van der Waals surface area contributed by atoms with Crippen LogP contribution in [0.2, 0.25) is 5.02 Å². The molecule has 0 unspecified atom stereocenters. The van der Waals surface area contributed by atoms with E-state index in [1.54, 1.807) is 19.2 Å². The number of rotatable bonds is 8. The number of halogens is 1. The van der Waals surface area contributed by atoms with Gasteiger partial charge in [-0.1, -0.05) is 49.7 Å². The SMILES string of the molecule is CCN(CC)[C@H](CNC(=O)c1cccc(OC)c1)c1ccccc1Cl. The van der Waals surface area contributed by atoms with Gasteiger partial charge in [0.2, 0.25) is 0 Å². The Hall–Kier alpha value is -2.04. The van der Waals surface area contributed by atoms with Crippen LogP contribution in [0.4, 0.5) is 0 Å². The van der Waals surface area contributed by atoms with E-state index in [1.807, 2.05) is 36.4 Å². The number of nitrogens with zero attached hydrogens (tertiary/aromatic N) is 1. The van der Waals surface area contributed by atoms with Crippen LogP contribution < -0.4 is 10.1 Å². The van der Waals surface area contributed by atoms with Gasteiger partial charge < -0.3 is 10.1 Å². The zero-order valence-corrected chi connectivity index (χ0v) is 15.7. The summed E-state index contributed by atoms with van der Waals surface area (Å²) in [6, 6.07) is 15.0. The molecular weight excluding hydrogens is 336 g/mol. The third-order valence-electron chi connectivity index (χ3n) is 4.31. The monoisotopic (exact) mass is 360 g/mol. The van der Waals surface area contributed by atoms with Gasteiger partial charge in [-0.25, -0.2) is 0 Å². The summed E-state index contributed by atoms with van der Waals surface area (Å²) in [4.78, 5) is 14.8. The number of benzene rings is 2. The van der Waals surface area contributed by atoms with Crippen LogP contribution in [0.1, 0.15) is 35.8 Å². The fourth-order valence-electron chi connectivity index (χ4n) is 2.90. The number of likely N-dealkylation sites (N-methyl/N-ethyl adjacent to an activating group) is 1. The average molecular weight is 361 g/mol. The molecule has 1 amide bonds. The molecule has 2 rings (SSSR count). The second-order valence-electron chi connectivity index (χ2n) is 5.70. The van der Waals surface area contributed by atoms with Gasteiger partial charge >= 0.3 is 0 Å². The standard InChI is InChI=1S/C20H25ClN2O2/c1-4-23(5-2)19(17-11-6-7-12-18(17)21)14-22-20(24)15-9-8-10-16(13-15)25-3/h6-13,19H,4-5,14H2,1-3H3,(H,22,24)/t19-/m1/s1. The van der Waals surface area contributed by atoms with E-state index in [0.717, 1.165) is 23.7 Å². The van der Waals surface area contributed by atoms with Crippen LogP contribution in [0, 0.1) is 0 Å². The molecule has 0 aliphatic carbocycles.